The molecule has 0 unspecified atom stereocenters. The maximum atomic E-state index is 8.85. The molecule has 2 aromatic rings. The lowest BCUT2D eigenvalue weighted by Gasteiger charge is -2.08. The van der Waals surface area contributed by atoms with Crippen molar-refractivity contribution in [3.8, 4) is 6.07 Å². The molecule has 1 aromatic carbocycles. The highest BCUT2D eigenvalue weighted by atomic mass is 16.5. The summed E-state index contributed by atoms with van der Waals surface area (Å²) in [5.41, 5.74) is 8.30. The molecule has 5 nitrogen and oxygen atoms in total. The van der Waals surface area contributed by atoms with Crippen LogP contribution in [-0.4, -0.2) is 5.16 Å². The van der Waals surface area contributed by atoms with E-state index in [2.05, 4.69) is 10.5 Å². The largest absolute Gasteiger partial charge is 0.396 e. The first-order valence-electron chi connectivity index (χ1n) is 5.15. The van der Waals surface area contributed by atoms with E-state index in [1.165, 1.54) is 0 Å². The second kappa shape index (κ2) is 4.58. The molecule has 0 radical (unpaired) electrons. The maximum absolute atomic E-state index is 8.85. The molecule has 2 rings (SSSR count). The topological polar surface area (TPSA) is 87.9 Å². The van der Waals surface area contributed by atoms with Gasteiger partial charge < -0.3 is 15.6 Å². The lowest BCUT2D eigenvalue weighted by molar-refractivity contribution is 0.384. The minimum atomic E-state index is 0.450. The number of hydrogen-bond acceptors (Lipinski definition) is 5. The Morgan fingerprint density at radius 3 is 3.00 bits per heavy atom. The summed E-state index contributed by atoms with van der Waals surface area (Å²) in [5.74, 6) is 0.726. The summed E-state index contributed by atoms with van der Waals surface area (Å²) in [4.78, 5) is 0. The highest BCUT2D eigenvalue weighted by Crippen LogP contribution is 2.22. The Labute approximate surface area is 98.8 Å². The van der Waals surface area contributed by atoms with Crippen molar-refractivity contribution in [3.63, 3.8) is 0 Å². The van der Waals surface area contributed by atoms with Gasteiger partial charge in [0.05, 0.1) is 29.2 Å². The lowest BCUT2D eigenvalue weighted by Crippen LogP contribution is -2.03. The van der Waals surface area contributed by atoms with E-state index in [0.717, 1.165) is 17.1 Å². The van der Waals surface area contributed by atoms with Gasteiger partial charge in [-0.2, -0.15) is 5.26 Å². The van der Waals surface area contributed by atoms with Crippen LogP contribution in [0.1, 0.15) is 17.0 Å². The van der Waals surface area contributed by atoms with Gasteiger partial charge in [-0.3, -0.25) is 0 Å². The van der Waals surface area contributed by atoms with Gasteiger partial charge in [-0.1, -0.05) is 11.2 Å². The van der Waals surface area contributed by atoms with Gasteiger partial charge in [0.15, 0.2) is 5.76 Å². The highest BCUT2D eigenvalue weighted by molar-refractivity contribution is 5.72. The molecule has 5 heteroatoms. The Kier molecular flexibility index (Phi) is 2.97. The van der Waals surface area contributed by atoms with Crippen LogP contribution in [0, 0.1) is 18.3 Å². The predicted molar refractivity (Wildman–Crippen MR) is 64.1 cm³/mol. The highest BCUT2D eigenvalue weighted by Gasteiger charge is 2.05. The Hall–Kier alpha value is -2.48. The fourth-order valence-corrected chi connectivity index (χ4v) is 1.50. The number of benzene rings is 1. The molecule has 1 heterocycles. The van der Waals surface area contributed by atoms with Gasteiger partial charge in [-0.25, -0.2) is 0 Å². The number of nitrogens with two attached hydrogens (primary N) is 1. The zero-order chi connectivity index (χ0) is 12.3. The Morgan fingerprint density at radius 2 is 2.35 bits per heavy atom. The van der Waals surface area contributed by atoms with Gasteiger partial charge in [0.25, 0.3) is 0 Å². The van der Waals surface area contributed by atoms with Crippen LogP contribution < -0.4 is 11.1 Å². The molecule has 0 aliphatic carbocycles. The monoisotopic (exact) mass is 228 g/mol. The third-order valence-corrected chi connectivity index (χ3v) is 2.36. The van der Waals surface area contributed by atoms with Crippen LogP contribution in [0.4, 0.5) is 11.4 Å². The zero-order valence-electron chi connectivity index (χ0n) is 9.40. The van der Waals surface area contributed by atoms with Crippen LogP contribution in [0.3, 0.4) is 0 Å². The van der Waals surface area contributed by atoms with E-state index in [1.54, 1.807) is 12.1 Å². The zero-order valence-corrected chi connectivity index (χ0v) is 9.40. The van der Waals surface area contributed by atoms with E-state index in [4.69, 9.17) is 15.5 Å². The van der Waals surface area contributed by atoms with Crippen molar-refractivity contribution in [2.24, 2.45) is 0 Å². The van der Waals surface area contributed by atoms with Gasteiger partial charge in [-0.15, -0.1) is 0 Å². The SMILES string of the molecule is Cc1cc(CNc2cccc(C#N)c2N)on1. The Morgan fingerprint density at radius 1 is 1.53 bits per heavy atom. The van der Waals surface area contributed by atoms with Crippen LogP contribution in [-0.2, 0) is 6.54 Å². The molecule has 0 saturated carbocycles. The fraction of sp³-hybridized carbons (Fsp3) is 0.167. The van der Waals surface area contributed by atoms with E-state index in [0.29, 0.717) is 17.8 Å². The summed E-state index contributed by atoms with van der Waals surface area (Å²) in [7, 11) is 0. The standard InChI is InChI=1S/C12H12N4O/c1-8-5-10(17-16-8)7-15-11-4-2-3-9(6-13)12(11)14/h2-5,15H,7,14H2,1H3. The Balaban J connectivity index is 2.12. The second-order valence-corrected chi connectivity index (χ2v) is 3.67. The van der Waals surface area contributed by atoms with Crippen LogP contribution >= 0.6 is 0 Å². The summed E-state index contributed by atoms with van der Waals surface area (Å²) in [5, 5.41) is 15.7. The van der Waals surface area contributed by atoms with Crippen molar-refractivity contribution in [1.29, 1.82) is 5.26 Å². The maximum Gasteiger partial charge on any atom is 0.156 e. The fourth-order valence-electron chi connectivity index (χ4n) is 1.50. The molecule has 0 aliphatic heterocycles. The van der Waals surface area contributed by atoms with Crippen molar-refractivity contribution in [2.45, 2.75) is 13.5 Å². The number of nitrogens with zero attached hydrogens (tertiary/aromatic N) is 2. The van der Waals surface area contributed by atoms with E-state index in [-0.39, 0.29) is 0 Å². The number of nitrogen functional groups attached to an aromatic ring is 1. The number of nitrogens with one attached hydrogen (secondary N) is 1. The summed E-state index contributed by atoms with van der Waals surface area (Å²) in [6, 6.07) is 9.16. The molecular weight excluding hydrogens is 216 g/mol. The second-order valence-electron chi connectivity index (χ2n) is 3.67. The first kappa shape index (κ1) is 11.0. The molecule has 0 atom stereocenters. The van der Waals surface area contributed by atoms with Gasteiger partial charge in [0.1, 0.15) is 6.07 Å². The molecule has 3 N–H and O–H groups in total. The number of rotatable bonds is 3. The van der Waals surface area contributed by atoms with E-state index >= 15 is 0 Å². The van der Waals surface area contributed by atoms with Crippen molar-refractivity contribution in [1.82, 2.24) is 5.16 Å². The molecule has 86 valence electrons. The molecule has 0 fully saturated rings. The Bertz CT molecular complexity index is 568. The molecular formula is C12H12N4O. The number of aromatic nitrogens is 1. The molecule has 0 spiro atoms. The lowest BCUT2D eigenvalue weighted by atomic mass is 10.1. The van der Waals surface area contributed by atoms with Crippen molar-refractivity contribution < 1.29 is 4.52 Å². The van der Waals surface area contributed by atoms with Crippen LogP contribution in [0.5, 0.6) is 0 Å². The van der Waals surface area contributed by atoms with Crippen LogP contribution in [0.2, 0.25) is 0 Å². The van der Waals surface area contributed by atoms with E-state index < -0.39 is 0 Å². The third kappa shape index (κ3) is 2.37. The van der Waals surface area contributed by atoms with Crippen LogP contribution in [0.15, 0.2) is 28.8 Å². The summed E-state index contributed by atoms with van der Waals surface area (Å²) >= 11 is 0. The first-order chi connectivity index (χ1) is 8.20. The number of nitriles is 1. The summed E-state index contributed by atoms with van der Waals surface area (Å²) in [6.45, 7) is 2.34. The van der Waals surface area contributed by atoms with Crippen molar-refractivity contribution in [2.75, 3.05) is 11.1 Å². The predicted octanol–water partition coefficient (Wildman–Crippen LogP) is 2.05. The minimum absolute atomic E-state index is 0.450. The van der Waals surface area contributed by atoms with E-state index in [1.807, 2.05) is 25.1 Å². The smallest absolute Gasteiger partial charge is 0.156 e. The average molecular weight is 228 g/mol. The molecule has 0 bridgehead atoms. The number of anilines is 2. The quantitative estimate of drug-likeness (QED) is 0.785. The number of hydrogen-bond donors (Lipinski definition) is 2. The third-order valence-electron chi connectivity index (χ3n) is 2.36. The number of para-hydroxylation sites is 1. The van der Waals surface area contributed by atoms with E-state index in [9.17, 15) is 0 Å². The average Bonchev–Trinajstić information content (AvgIpc) is 2.74. The molecule has 0 aliphatic rings. The summed E-state index contributed by atoms with van der Waals surface area (Å²) in [6.07, 6.45) is 0. The molecule has 1 aromatic heterocycles. The van der Waals surface area contributed by atoms with Gasteiger partial charge in [0, 0.05) is 6.07 Å². The molecule has 0 saturated heterocycles. The van der Waals surface area contributed by atoms with Gasteiger partial charge in [-0.05, 0) is 19.1 Å². The van der Waals surface area contributed by atoms with Crippen molar-refractivity contribution >= 4 is 11.4 Å². The van der Waals surface area contributed by atoms with Crippen LogP contribution in [0.25, 0.3) is 0 Å². The normalized spacial score (nSPS) is 9.88. The molecule has 0 amide bonds. The summed E-state index contributed by atoms with van der Waals surface area (Å²) < 4.78 is 5.06. The number of aryl methyl sites for hydroxylation is 1. The van der Waals surface area contributed by atoms with Crippen molar-refractivity contribution in [3.05, 3.63) is 41.3 Å². The van der Waals surface area contributed by atoms with Gasteiger partial charge >= 0.3 is 0 Å². The van der Waals surface area contributed by atoms with Gasteiger partial charge in [0.2, 0.25) is 0 Å². The molecule has 17 heavy (non-hydrogen) atoms. The first-order valence-corrected chi connectivity index (χ1v) is 5.15. The minimum Gasteiger partial charge on any atom is -0.396 e.